The summed E-state index contributed by atoms with van der Waals surface area (Å²) in [6, 6.07) is 5.18. The van der Waals surface area contributed by atoms with E-state index < -0.39 is 22.3 Å². The van der Waals surface area contributed by atoms with Gasteiger partial charge in [0.15, 0.2) is 17.2 Å². The Morgan fingerprint density at radius 3 is 2.41 bits per heavy atom. The van der Waals surface area contributed by atoms with Gasteiger partial charge in [0.2, 0.25) is 0 Å². The first kappa shape index (κ1) is 21.1. The number of aromatic nitrogens is 2. The molecule has 0 bridgehead atoms. The quantitative estimate of drug-likeness (QED) is 0.695. The van der Waals surface area contributed by atoms with E-state index in [0.717, 1.165) is 4.68 Å². The number of amides is 1. The van der Waals surface area contributed by atoms with Crippen LogP contribution in [0.2, 0.25) is 0 Å². The van der Waals surface area contributed by atoms with Crippen molar-refractivity contribution in [2.24, 2.45) is 7.05 Å². The molecule has 2 aromatic rings. The zero-order chi connectivity index (χ0) is 20.2. The van der Waals surface area contributed by atoms with Crippen molar-refractivity contribution in [3.8, 4) is 11.5 Å². The van der Waals surface area contributed by atoms with Crippen molar-refractivity contribution in [1.82, 2.24) is 15.1 Å². The summed E-state index contributed by atoms with van der Waals surface area (Å²) in [4.78, 5) is 12.4. The average Bonchev–Trinajstić information content (AvgIpc) is 2.90. The third-order valence-electron chi connectivity index (χ3n) is 3.53. The number of hydrogen-bond acceptors (Lipinski definition) is 4. The first-order valence-corrected chi connectivity index (χ1v) is 8.94. The van der Waals surface area contributed by atoms with Gasteiger partial charge in [-0.15, -0.1) is 0 Å². The highest BCUT2D eigenvalue weighted by molar-refractivity contribution is 9.10. The summed E-state index contributed by atoms with van der Waals surface area (Å²) in [5.41, 5.74) is -0.641. The number of rotatable bonds is 7. The Kier molecular flexibility index (Phi) is 6.74. The van der Waals surface area contributed by atoms with Crippen molar-refractivity contribution in [2.45, 2.75) is 26.6 Å². The van der Waals surface area contributed by atoms with E-state index in [0.29, 0.717) is 30.3 Å². The molecular weight excluding hydrogens is 431 g/mol. The lowest BCUT2D eigenvalue weighted by atomic mass is 10.2. The number of nitrogens with one attached hydrogen (secondary N) is 1. The van der Waals surface area contributed by atoms with Gasteiger partial charge < -0.3 is 14.8 Å². The summed E-state index contributed by atoms with van der Waals surface area (Å²) >= 11 is 2.82. The highest BCUT2D eigenvalue weighted by Gasteiger charge is 2.39. The van der Waals surface area contributed by atoms with Crippen LogP contribution in [0.5, 0.6) is 11.5 Å². The minimum Gasteiger partial charge on any atom is -0.490 e. The number of carbonyl (C=O) groups excluding carboxylic acids is 1. The number of alkyl halides is 3. The molecule has 27 heavy (non-hydrogen) atoms. The molecule has 2 rings (SSSR count). The number of halogens is 4. The van der Waals surface area contributed by atoms with E-state index in [4.69, 9.17) is 9.47 Å². The van der Waals surface area contributed by atoms with Gasteiger partial charge in [0, 0.05) is 13.6 Å². The van der Waals surface area contributed by atoms with Gasteiger partial charge in [0.25, 0.3) is 5.91 Å². The summed E-state index contributed by atoms with van der Waals surface area (Å²) in [6.07, 6.45) is -4.66. The number of ether oxygens (including phenoxy) is 2. The lowest BCUT2D eigenvalue weighted by molar-refractivity contribution is -0.142. The Balaban J connectivity index is 2.16. The minimum absolute atomic E-state index is 0.101. The van der Waals surface area contributed by atoms with Crippen LogP contribution in [0.4, 0.5) is 13.2 Å². The molecule has 0 fully saturated rings. The number of hydrogen-bond donors (Lipinski definition) is 1. The summed E-state index contributed by atoms with van der Waals surface area (Å²) in [5, 5.41) is 5.96. The Morgan fingerprint density at radius 2 is 1.85 bits per heavy atom. The van der Waals surface area contributed by atoms with Crippen LogP contribution < -0.4 is 14.8 Å². The normalized spacial score (nSPS) is 11.4. The van der Waals surface area contributed by atoms with Crippen LogP contribution in [0.3, 0.4) is 0 Å². The second-order valence-electron chi connectivity index (χ2n) is 5.46. The molecule has 6 nitrogen and oxygen atoms in total. The van der Waals surface area contributed by atoms with Crippen molar-refractivity contribution in [3.05, 3.63) is 39.6 Å². The van der Waals surface area contributed by atoms with Crippen LogP contribution in [0, 0.1) is 0 Å². The predicted molar refractivity (Wildman–Crippen MR) is 95.9 cm³/mol. The fraction of sp³-hybridized carbons (Fsp3) is 0.412. The molecule has 0 spiro atoms. The molecule has 0 saturated heterocycles. The topological polar surface area (TPSA) is 65.4 Å². The van der Waals surface area contributed by atoms with E-state index in [2.05, 4.69) is 26.3 Å². The number of nitrogens with zero attached hydrogens (tertiary/aromatic N) is 2. The third-order valence-corrected chi connectivity index (χ3v) is 4.29. The van der Waals surface area contributed by atoms with Crippen molar-refractivity contribution < 1.29 is 27.4 Å². The average molecular weight is 450 g/mol. The molecule has 1 aromatic heterocycles. The van der Waals surface area contributed by atoms with Crippen molar-refractivity contribution in [1.29, 1.82) is 0 Å². The van der Waals surface area contributed by atoms with E-state index in [1.165, 1.54) is 7.05 Å². The van der Waals surface area contributed by atoms with Gasteiger partial charge in [0.05, 0.1) is 17.7 Å². The molecule has 1 heterocycles. The van der Waals surface area contributed by atoms with Gasteiger partial charge in [-0.3, -0.25) is 9.48 Å². The SMILES string of the molecule is CCOc1ccc(CNC(=O)c2c(Br)c(C(F)(F)F)nn2C)cc1OCC. The highest BCUT2D eigenvalue weighted by Crippen LogP contribution is 2.35. The second-order valence-corrected chi connectivity index (χ2v) is 6.26. The van der Waals surface area contributed by atoms with E-state index in [1.54, 1.807) is 18.2 Å². The van der Waals surface area contributed by atoms with Crippen LogP contribution >= 0.6 is 15.9 Å². The zero-order valence-corrected chi connectivity index (χ0v) is 16.6. The van der Waals surface area contributed by atoms with Crippen LogP contribution in [-0.2, 0) is 19.8 Å². The Bertz CT molecular complexity index is 822. The molecule has 0 aliphatic carbocycles. The lowest BCUT2D eigenvalue weighted by Gasteiger charge is -2.13. The molecule has 0 saturated carbocycles. The zero-order valence-electron chi connectivity index (χ0n) is 15.0. The summed E-state index contributed by atoms with van der Waals surface area (Å²) in [6.45, 7) is 4.71. The Hall–Kier alpha value is -2.23. The molecule has 10 heteroatoms. The number of aryl methyl sites for hydroxylation is 1. The largest absolute Gasteiger partial charge is 0.490 e. The van der Waals surface area contributed by atoms with Crippen molar-refractivity contribution in [3.63, 3.8) is 0 Å². The maximum atomic E-state index is 12.9. The molecule has 1 N–H and O–H groups in total. The standard InChI is InChI=1S/C17H19BrF3N3O3/c1-4-26-11-7-6-10(8-12(11)27-5-2)9-22-16(25)14-13(18)15(17(19,20)21)23-24(14)3/h6-8H,4-5,9H2,1-3H3,(H,22,25). The lowest BCUT2D eigenvalue weighted by Crippen LogP contribution is -2.25. The van der Waals surface area contributed by atoms with Crippen LogP contribution in [0.25, 0.3) is 0 Å². The van der Waals surface area contributed by atoms with Gasteiger partial charge in [-0.25, -0.2) is 0 Å². The second kappa shape index (κ2) is 8.64. The van der Waals surface area contributed by atoms with Gasteiger partial charge in [0.1, 0.15) is 5.69 Å². The molecule has 1 amide bonds. The van der Waals surface area contributed by atoms with Crippen LogP contribution in [0.15, 0.2) is 22.7 Å². The van der Waals surface area contributed by atoms with Crippen LogP contribution in [-0.4, -0.2) is 28.9 Å². The maximum Gasteiger partial charge on any atom is 0.436 e. The highest BCUT2D eigenvalue weighted by atomic mass is 79.9. The summed E-state index contributed by atoms with van der Waals surface area (Å²) in [5.74, 6) is 0.435. The molecule has 0 aliphatic rings. The van der Waals surface area contributed by atoms with E-state index in [9.17, 15) is 18.0 Å². The van der Waals surface area contributed by atoms with Gasteiger partial charge >= 0.3 is 6.18 Å². The molecule has 0 atom stereocenters. The van der Waals surface area contributed by atoms with Crippen molar-refractivity contribution in [2.75, 3.05) is 13.2 Å². The monoisotopic (exact) mass is 449 g/mol. The fourth-order valence-corrected chi connectivity index (χ4v) is 3.14. The van der Waals surface area contributed by atoms with Crippen molar-refractivity contribution >= 4 is 21.8 Å². The first-order valence-electron chi connectivity index (χ1n) is 8.15. The molecule has 0 unspecified atom stereocenters. The van der Waals surface area contributed by atoms with Gasteiger partial charge in [-0.1, -0.05) is 6.07 Å². The summed E-state index contributed by atoms with van der Waals surface area (Å²) < 4.78 is 50.2. The predicted octanol–water partition coefficient (Wildman–Crippen LogP) is 3.93. The molecule has 1 aromatic carbocycles. The Morgan fingerprint density at radius 1 is 1.22 bits per heavy atom. The fourth-order valence-electron chi connectivity index (χ4n) is 2.40. The number of benzene rings is 1. The third kappa shape index (κ3) is 4.94. The molecule has 0 aliphatic heterocycles. The number of carbonyl (C=O) groups is 1. The van der Waals surface area contributed by atoms with E-state index in [1.807, 2.05) is 13.8 Å². The van der Waals surface area contributed by atoms with Crippen LogP contribution in [0.1, 0.15) is 35.6 Å². The van der Waals surface area contributed by atoms with E-state index in [-0.39, 0.29) is 12.2 Å². The maximum absolute atomic E-state index is 12.9. The summed E-state index contributed by atoms with van der Waals surface area (Å²) in [7, 11) is 1.28. The molecule has 148 valence electrons. The molecule has 0 radical (unpaired) electrons. The Labute approximate surface area is 162 Å². The van der Waals surface area contributed by atoms with Gasteiger partial charge in [-0.05, 0) is 47.5 Å². The molecular formula is C17H19BrF3N3O3. The smallest absolute Gasteiger partial charge is 0.436 e. The first-order chi connectivity index (χ1) is 12.7. The van der Waals surface area contributed by atoms with E-state index >= 15 is 0 Å². The minimum atomic E-state index is -4.66. The van der Waals surface area contributed by atoms with Gasteiger partial charge in [-0.2, -0.15) is 18.3 Å².